The number of rotatable bonds is 14. The molecule has 558 valence electrons. The topological polar surface area (TPSA) is 166 Å². The van der Waals surface area contributed by atoms with Gasteiger partial charge in [-0.25, -0.2) is 14.6 Å². The highest BCUT2D eigenvalue weighted by Crippen LogP contribution is 2.51. The second-order valence-electron chi connectivity index (χ2n) is 31.1. The van der Waals surface area contributed by atoms with Crippen LogP contribution in [0.1, 0.15) is 361 Å². The number of halogens is 4. The minimum atomic E-state index is -3.54. The van der Waals surface area contributed by atoms with Gasteiger partial charge in [-0.1, -0.05) is 248 Å². The second-order valence-corrected chi connectivity index (χ2v) is 31.1. The van der Waals surface area contributed by atoms with Gasteiger partial charge in [0.15, 0.2) is 23.9 Å². The summed E-state index contributed by atoms with van der Waals surface area (Å²) in [5.41, 5.74) is 18.5. The number of imidazole rings is 1. The Labute approximate surface area is 607 Å². The van der Waals surface area contributed by atoms with Gasteiger partial charge in [-0.2, -0.15) is 24.1 Å². The Morgan fingerprint density at radius 3 is 1.05 bits per heavy atom. The lowest BCUT2D eigenvalue weighted by Crippen LogP contribution is -2.26. The first-order valence-electron chi connectivity index (χ1n) is 36.7. The van der Waals surface area contributed by atoms with Gasteiger partial charge in [0.05, 0.1) is 63.1 Å². The number of aromatic nitrogens is 12. The molecule has 7 heterocycles. The maximum atomic E-state index is 13.9. The largest absolute Gasteiger partial charge is 0.586 e. The molecule has 11 rings (SSSR count). The Hall–Kier alpha value is -7.96. The Balaban J connectivity index is 0.000000215. The molecule has 19 heteroatoms. The van der Waals surface area contributed by atoms with E-state index in [1.54, 1.807) is 0 Å². The van der Waals surface area contributed by atoms with Gasteiger partial charge >= 0.3 is 12.2 Å². The van der Waals surface area contributed by atoms with Crippen LogP contribution in [-0.4, -0.2) is 72.8 Å². The summed E-state index contributed by atoms with van der Waals surface area (Å²) in [4.78, 5) is 17.4. The van der Waals surface area contributed by atoms with E-state index in [0.717, 1.165) is 56.5 Å². The maximum absolute atomic E-state index is 13.9. The number of ether oxygens (including phenoxy) is 3. The molecule has 5 aromatic heterocycles. The van der Waals surface area contributed by atoms with Crippen molar-refractivity contribution in [1.82, 2.24) is 59.9 Å². The summed E-state index contributed by atoms with van der Waals surface area (Å²) in [5.74, 6) is 3.97. The van der Waals surface area contributed by atoms with Crippen LogP contribution >= 0.6 is 0 Å². The molecule has 0 unspecified atom stereocenters. The molecular weight excluding hydrogens is 1290 g/mol. The molecule has 102 heavy (non-hydrogen) atoms. The summed E-state index contributed by atoms with van der Waals surface area (Å²) < 4.78 is 72.6. The number of nitrogens with zero attached hydrogens (tertiary/aromatic N) is 12. The Bertz CT molecular complexity index is 3730. The van der Waals surface area contributed by atoms with Gasteiger partial charge < -0.3 is 18.8 Å². The van der Waals surface area contributed by atoms with Crippen molar-refractivity contribution in [2.75, 3.05) is 6.61 Å². The van der Waals surface area contributed by atoms with Gasteiger partial charge in [0.1, 0.15) is 11.3 Å². The number of hydrogen-bond donors (Lipinski definition) is 0. The first-order chi connectivity index (χ1) is 47.5. The quantitative estimate of drug-likeness (QED) is 0.0945. The van der Waals surface area contributed by atoms with E-state index in [0.29, 0.717) is 70.5 Å². The summed E-state index contributed by atoms with van der Waals surface area (Å²) in [5, 5.41) is 24.9. The first-order valence-corrected chi connectivity index (χ1v) is 36.7. The third kappa shape index (κ3) is 22.0. The average molecular weight is 1410 g/mol. The van der Waals surface area contributed by atoms with Crippen molar-refractivity contribution in [3.05, 3.63) is 170 Å². The Kier molecular flexibility index (Phi) is 30.7. The summed E-state index contributed by atoms with van der Waals surface area (Å²) in [6.07, 6.45) is 3.94. The second kappa shape index (κ2) is 37.0. The molecule has 0 saturated carbocycles. The highest BCUT2D eigenvalue weighted by molar-refractivity contribution is 5.84. The maximum Gasteiger partial charge on any atom is 0.586 e. The zero-order chi connectivity index (χ0) is 76.7. The van der Waals surface area contributed by atoms with Crippen molar-refractivity contribution in [2.24, 2.45) is 14.1 Å². The highest BCUT2D eigenvalue weighted by atomic mass is 19.3. The summed E-state index contributed by atoms with van der Waals surface area (Å²) in [6, 6.07) is 20.4. The molecule has 0 saturated heterocycles. The van der Waals surface area contributed by atoms with Crippen LogP contribution in [0.2, 0.25) is 0 Å². The standard InChI is InChI=1S/C14H18F2O.C14H20N2.C13H16F2O2.C13H19N3.2C10H16N2.C9H15N3/c1-8(2)10-5-6-11(9(3)4)13-12(10)14(15,16)7-17-13;1-9(2)11-6-7-12(10(3)4)14-13(11)15-8-16(14)5;1-7(2)9-5-6-10(8(3)4)12-11(9)16-13(14,15)17-12;1-8(2)10-6-7-11(9(3)4)13-12(10)14-15-16(13)5;1-7(2)9-5-12-10(6-11-9)8(3)4;1-7(2)9-5-6-10(8(3)4)12-11-9;1-6(2)8-5-10-9(7(3)4)12-11-8/h5-6,8-9H,7H2,1-4H3;6-10H,1-5H3;5-8H,1-4H3;6-9H,1-5H3;2*5-8H,1-4H3;5-7H,1-4H3. The molecule has 4 aromatic carbocycles. The normalized spacial score (nSPS) is 13.4. The highest BCUT2D eigenvalue weighted by Gasteiger charge is 2.47. The van der Waals surface area contributed by atoms with Crippen LogP contribution in [-0.2, 0) is 20.0 Å². The lowest BCUT2D eigenvalue weighted by atomic mass is 9.89. The van der Waals surface area contributed by atoms with Crippen LogP contribution in [0.4, 0.5) is 17.6 Å². The van der Waals surface area contributed by atoms with Gasteiger partial charge in [-0.15, -0.1) is 19.0 Å². The predicted molar refractivity (Wildman–Crippen MR) is 409 cm³/mol. The van der Waals surface area contributed by atoms with Crippen molar-refractivity contribution in [3.8, 4) is 17.2 Å². The summed E-state index contributed by atoms with van der Waals surface area (Å²) in [6.45, 7) is 58.0. The number of fused-ring (bicyclic) bond motifs is 4. The predicted octanol–water partition coefficient (Wildman–Crippen LogP) is 23.3. The van der Waals surface area contributed by atoms with Crippen molar-refractivity contribution < 1.29 is 31.8 Å². The Morgan fingerprint density at radius 1 is 0.333 bits per heavy atom. The van der Waals surface area contributed by atoms with Gasteiger partial charge in [-0.3, -0.25) is 9.97 Å². The number of alkyl halides is 4. The van der Waals surface area contributed by atoms with Crippen molar-refractivity contribution in [3.63, 3.8) is 0 Å². The zero-order valence-corrected chi connectivity index (χ0v) is 67.0. The molecule has 0 bridgehead atoms. The van der Waals surface area contributed by atoms with Crippen LogP contribution in [0.15, 0.2) is 85.6 Å². The summed E-state index contributed by atoms with van der Waals surface area (Å²) in [7, 11) is 4.04. The zero-order valence-electron chi connectivity index (χ0n) is 67.0. The van der Waals surface area contributed by atoms with Crippen LogP contribution in [0, 0.1) is 0 Å². The van der Waals surface area contributed by atoms with Crippen LogP contribution < -0.4 is 14.2 Å². The lowest BCUT2D eigenvalue weighted by molar-refractivity contribution is -0.287. The van der Waals surface area contributed by atoms with E-state index in [-0.39, 0.29) is 40.7 Å². The van der Waals surface area contributed by atoms with E-state index >= 15 is 0 Å². The van der Waals surface area contributed by atoms with E-state index in [4.69, 9.17) is 4.74 Å². The van der Waals surface area contributed by atoms with Gasteiger partial charge in [0, 0.05) is 43.5 Å². The number of hydrogen-bond acceptors (Lipinski definition) is 13. The molecule has 0 radical (unpaired) electrons. The molecule has 0 amide bonds. The Morgan fingerprint density at radius 2 is 0.686 bits per heavy atom. The van der Waals surface area contributed by atoms with E-state index in [2.05, 4.69) is 247 Å². The molecule has 0 aliphatic carbocycles. The number of benzene rings is 4. The molecule has 2 aliphatic rings. The molecule has 2 aliphatic heterocycles. The lowest BCUT2D eigenvalue weighted by Gasteiger charge is -2.18. The van der Waals surface area contributed by atoms with Crippen LogP contribution in [0.3, 0.4) is 0 Å². The van der Waals surface area contributed by atoms with Crippen molar-refractivity contribution >= 4 is 22.1 Å². The van der Waals surface area contributed by atoms with Gasteiger partial charge in [-0.05, 0) is 122 Å². The van der Waals surface area contributed by atoms with E-state index < -0.39 is 18.8 Å². The molecule has 9 aromatic rings. The van der Waals surface area contributed by atoms with Crippen molar-refractivity contribution in [1.29, 1.82) is 0 Å². The number of aryl methyl sites for hydroxylation is 2. The fourth-order valence-electron chi connectivity index (χ4n) is 11.4. The molecule has 0 spiro atoms. The van der Waals surface area contributed by atoms with Crippen LogP contribution in [0.25, 0.3) is 22.1 Å². The van der Waals surface area contributed by atoms with E-state index in [9.17, 15) is 17.6 Å². The molecule has 0 fully saturated rings. The monoisotopic (exact) mass is 1410 g/mol. The molecule has 0 N–H and O–H groups in total. The molecular formula is C83H120F4N12O3. The minimum Gasteiger partial charge on any atom is -0.486 e. The van der Waals surface area contributed by atoms with Gasteiger partial charge in [0.25, 0.3) is 0 Å². The third-order valence-electron chi connectivity index (χ3n) is 17.8. The fourth-order valence-corrected chi connectivity index (χ4v) is 11.4. The minimum absolute atomic E-state index is 0.0811. The molecule has 0 atom stereocenters. The van der Waals surface area contributed by atoms with E-state index in [1.165, 1.54) is 38.8 Å². The average Bonchev–Trinajstić information content (AvgIpc) is 1.63. The van der Waals surface area contributed by atoms with E-state index in [1.807, 2.05) is 116 Å². The third-order valence-corrected chi connectivity index (χ3v) is 17.8. The summed E-state index contributed by atoms with van der Waals surface area (Å²) >= 11 is 0. The fraction of sp³-hybridized carbons (Fsp3) is 0.566. The first kappa shape index (κ1) is 84.7. The van der Waals surface area contributed by atoms with Crippen LogP contribution in [0.5, 0.6) is 17.2 Å². The SMILES string of the molecule is CC(C)c1ccc(C(C)C)c2c1OC(F)(F)O2.CC(C)c1ccc(C(C)C)c2c1OCC2(F)F.CC(C)c1ccc(C(C)C)c2c1ncn2C.CC(C)c1ccc(C(C)C)c2c1nnn2C.CC(C)c1ccc(C(C)C)nn1.CC(C)c1cnc(C(C)C)cn1.CC(C)c1cnc(C(C)C)nn1. The van der Waals surface area contributed by atoms with Crippen molar-refractivity contribution in [2.45, 2.75) is 289 Å². The molecule has 15 nitrogen and oxygen atoms in total. The van der Waals surface area contributed by atoms with Gasteiger partial charge in [0.2, 0.25) is 0 Å². The smallest absolute Gasteiger partial charge is 0.486 e.